The van der Waals surface area contributed by atoms with E-state index in [1.165, 1.54) is 0 Å². The van der Waals surface area contributed by atoms with Gasteiger partial charge < -0.3 is 15.0 Å². The molecule has 0 unspecified atom stereocenters. The molecule has 0 aromatic heterocycles. The minimum Gasteiger partial charge on any atom is -0.370 e. The second-order valence-electron chi connectivity index (χ2n) is 6.18. The number of carbonyl (C=O) groups is 2. The molecule has 0 saturated carbocycles. The number of amides is 2. The molecule has 6 heteroatoms. The fourth-order valence-corrected chi connectivity index (χ4v) is 3.10. The summed E-state index contributed by atoms with van der Waals surface area (Å²) in [5.41, 5.74) is 2.67. The highest BCUT2D eigenvalue weighted by molar-refractivity contribution is 6.30. The van der Waals surface area contributed by atoms with Gasteiger partial charge >= 0.3 is 0 Å². The summed E-state index contributed by atoms with van der Waals surface area (Å²) in [5, 5.41) is 3.60. The first-order chi connectivity index (χ1) is 12.6. The molecule has 0 spiro atoms. The third-order valence-electron chi connectivity index (χ3n) is 4.21. The highest BCUT2D eigenvalue weighted by atomic mass is 35.5. The monoisotopic (exact) mass is 372 g/mol. The minimum absolute atomic E-state index is 0.0257. The number of anilines is 2. The maximum absolute atomic E-state index is 12.1. The third-order valence-corrected chi connectivity index (χ3v) is 4.44. The van der Waals surface area contributed by atoms with E-state index in [0.717, 1.165) is 29.8 Å². The van der Waals surface area contributed by atoms with Crippen molar-refractivity contribution < 1.29 is 14.3 Å². The number of benzene rings is 2. The van der Waals surface area contributed by atoms with E-state index in [1.54, 1.807) is 4.90 Å². The van der Waals surface area contributed by atoms with Crippen molar-refractivity contribution in [1.82, 2.24) is 0 Å². The summed E-state index contributed by atoms with van der Waals surface area (Å²) >= 11 is 5.96. The fourth-order valence-electron chi connectivity index (χ4n) is 2.88. The number of nitrogens with one attached hydrogen (secondary N) is 1. The molecule has 0 radical (unpaired) electrons. The lowest BCUT2D eigenvalue weighted by Crippen LogP contribution is -2.41. The van der Waals surface area contributed by atoms with Crippen molar-refractivity contribution in [3.8, 4) is 0 Å². The Labute approximate surface area is 157 Å². The van der Waals surface area contributed by atoms with Crippen molar-refractivity contribution in [2.45, 2.75) is 19.3 Å². The Hall–Kier alpha value is -2.37. The van der Waals surface area contributed by atoms with Crippen LogP contribution >= 0.6 is 11.6 Å². The first-order valence-electron chi connectivity index (χ1n) is 8.64. The van der Waals surface area contributed by atoms with E-state index in [2.05, 4.69) is 5.32 Å². The molecule has 5 nitrogen and oxygen atoms in total. The van der Waals surface area contributed by atoms with Gasteiger partial charge in [0, 0.05) is 29.4 Å². The Bertz CT molecular complexity index is 777. The Morgan fingerprint density at radius 1 is 1.19 bits per heavy atom. The number of halogens is 1. The average Bonchev–Trinajstić information content (AvgIpc) is 2.63. The molecule has 0 atom stereocenters. The molecular weight excluding hydrogens is 352 g/mol. The third kappa shape index (κ3) is 5.07. The second kappa shape index (κ2) is 8.83. The molecule has 1 N–H and O–H groups in total. The zero-order valence-corrected chi connectivity index (χ0v) is 15.2. The van der Waals surface area contributed by atoms with E-state index in [9.17, 15) is 9.59 Å². The van der Waals surface area contributed by atoms with Crippen molar-refractivity contribution in [1.29, 1.82) is 0 Å². The van der Waals surface area contributed by atoms with Crippen LogP contribution in [0.3, 0.4) is 0 Å². The second-order valence-corrected chi connectivity index (χ2v) is 6.61. The smallest absolute Gasteiger partial charge is 0.253 e. The lowest BCUT2D eigenvalue weighted by molar-refractivity contribution is -0.125. The van der Waals surface area contributed by atoms with Gasteiger partial charge in [0.15, 0.2) is 0 Å². The maximum Gasteiger partial charge on any atom is 0.253 e. The standard InChI is InChI=1S/C20H21ClN2O3/c21-16-5-1-3-15(13-16)4-2-6-19(24)22-17-7-9-18(10-8-17)23-11-12-26-14-20(23)25/h1,3,5,7-10,13H,2,4,6,11-12,14H2,(H,22,24). The summed E-state index contributed by atoms with van der Waals surface area (Å²) in [5.74, 6) is -0.0729. The van der Waals surface area contributed by atoms with Crippen LogP contribution in [-0.2, 0) is 20.7 Å². The maximum atomic E-state index is 12.1. The summed E-state index contributed by atoms with van der Waals surface area (Å²) in [6, 6.07) is 15.0. The predicted molar refractivity (Wildman–Crippen MR) is 103 cm³/mol. The number of hydrogen-bond donors (Lipinski definition) is 1. The first kappa shape index (κ1) is 18.4. The van der Waals surface area contributed by atoms with Gasteiger partial charge in [0.05, 0.1) is 6.61 Å². The van der Waals surface area contributed by atoms with Crippen LogP contribution in [0.4, 0.5) is 11.4 Å². The first-order valence-corrected chi connectivity index (χ1v) is 9.02. The number of morpholine rings is 1. The van der Waals surface area contributed by atoms with Crippen molar-refractivity contribution in [3.63, 3.8) is 0 Å². The Kier molecular flexibility index (Phi) is 6.26. The van der Waals surface area contributed by atoms with E-state index < -0.39 is 0 Å². The highest BCUT2D eigenvalue weighted by Gasteiger charge is 2.19. The van der Waals surface area contributed by atoms with Gasteiger partial charge in [-0.05, 0) is 54.8 Å². The van der Waals surface area contributed by atoms with Crippen LogP contribution < -0.4 is 10.2 Å². The molecule has 3 rings (SSSR count). The number of carbonyl (C=O) groups excluding carboxylic acids is 2. The van der Waals surface area contributed by atoms with E-state index in [-0.39, 0.29) is 18.4 Å². The van der Waals surface area contributed by atoms with E-state index >= 15 is 0 Å². The Morgan fingerprint density at radius 3 is 2.73 bits per heavy atom. The summed E-state index contributed by atoms with van der Waals surface area (Å²) in [7, 11) is 0. The van der Waals surface area contributed by atoms with Crippen LogP contribution in [-0.4, -0.2) is 31.6 Å². The number of hydrogen-bond acceptors (Lipinski definition) is 3. The largest absolute Gasteiger partial charge is 0.370 e. The summed E-state index contributed by atoms with van der Waals surface area (Å²) in [4.78, 5) is 25.6. The van der Waals surface area contributed by atoms with Crippen LogP contribution in [0.5, 0.6) is 0 Å². The molecule has 2 aromatic rings. The molecule has 26 heavy (non-hydrogen) atoms. The van der Waals surface area contributed by atoms with E-state index in [0.29, 0.717) is 24.6 Å². The van der Waals surface area contributed by atoms with Crippen molar-refractivity contribution >= 4 is 34.8 Å². The van der Waals surface area contributed by atoms with Crippen molar-refractivity contribution in [3.05, 3.63) is 59.1 Å². The van der Waals surface area contributed by atoms with Crippen LogP contribution in [0.1, 0.15) is 18.4 Å². The van der Waals surface area contributed by atoms with Gasteiger partial charge in [0.1, 0.15) is 6.61 Å². The van der Waals surface area contributed by atoms with E-state index in [4.69, 9.17) is 16.3 Å². The fraction of sp³-hybridized carbons (Fsp3) is 0.300. The van der Waals surface area contributed by atoms with Crippen LogP contribution in [0.15, 0.2) is 48.5 Å². The van der Waals surface area contributed by atoms with Crippen LogP contribution in [0, 0.1) is 0 Å². The van der Waals surface area contributed by atoms with Crippen molar-refractivity contribution in [2.24, 2.45) is 0 Å². The van der Waals surface area contributed by atoms with Gasteiger partial charge in [-0.25, -0.2) is 0 Å². The van der Waals surface area contributed by atoms with E-state index in [1.807, 2.05) is 48.5 Å². The zero-order chi connectivity index (χ0) is 18.4. The lowest BCUT2D eigenvalue weighted by Gasteiger charge is -2.26. The van der Waals surface area contributed by atoms with Crippen molar-refractivity contribution in [2.75, 3.05) is 30.0 Å². The topological polar surface area (TPSA) is 58.6 Å². The van der Waals surface area contributed by atoms with Gasteiger partial charge in [-0.2, -0.15) is 0 Å². The summed E-state index contributed by atoms with van der Waals surface area (Å²) < 4.78 is 5.13. The van der Waals surface area contributed by atoms with Crippen LogP contribution in [0.2, 0.25) is 5.02 Å². The molecule has 1 aliphatic rings. The number of aryl methyl sites for hydroxylation is 1. The molecule has 1 fully saturated rings. The van der Waals surface area contributed by atoms with Gasteiger partial charge in [0.25, 0.3) is 5.91 Å². The zero-order valence-electron chi connectivity index (χ0n) is 14.4. The molecule has 2 aromatic carbocycles. The molecule has 1 saturated heterocycles. The number of nitrogens with zero attached hydrogens (tertiary/aromatic N) is 1. The Balaban J connectivity index is 1.47. The molecule has 0 bridgehead atoms. The summed E-state index contributed by atoms with van der Waals surface area (Å²) in [6.45, 7) is 1.20. The van der Waals surface area contributed by atoms with Gasteiger partial charge in [0.2, 0.25) is 5.91 Å². The Morgan fingerprint density at radius 2 is 2.00 bits per heavy atom. The predicted octanol–water partition coefficient (Wildman–Crippen LogP) is 3.66. The minimum atomic E-state index is -0.0472. The number of rotatable bonds is 6. The molecule has 2 amide bonds. The summed E-state index contributed by atoms with van der Waals surface area (Å²) in [6.07, 6.45) is 2.01. The SMILES string of the molecule is O=C(CCCc1cccc(Cl)c1)Nc1ccc(N2CCOCC2=O)cc1. The molecule has 136 valence electrons. The molecular formula is C20H21ClN2O3. The lowest BCUT2D eigenvalue weighted by atomic mass is 10.1. The molecule has 0 aliphatic carbocycles. The van der Waals surface area contributed by atoms with Gasteiger partial charge in [-0.1, -0.05) is 23.7 Å². The quantitative estimate of drug-likeness (QED) is 0.841. The van der Waals surface area contributed by atoms with Gasteiger partial charge in [-0.3, -0.25) is 9.59 Å². The molecule has 1 heterocycles. The van der Waals surface area contributed by atoms with Crippen LogP contribution in [0.25, 0.3) is 0 Å². The molecule has 1 aliphatic heterocycles. The average molecular weight is 373 g/mol. The highest BCUT2D eigenvalue weighted by Crippen LogP contribution is 2.20. The van der Waals surface area contributed by atoms with Gasteiger partial charge in [-0.15, -0.1) is 0 Å². The normalized spacial score (nSPS) is 14.3. The number of ether oxygens (including phenoxy) is 1.